The van der Waals surface area contributed by atoms with E-state index >= 15 is 0 Å². The second-order valence-electron chi connectivity index (χ2n) is 4.34. The van der Waals surface area contributed by atoms with Crippen molar-refractivity contribution in [3.63, 3.8) is 0 Å². The summed E-state index contributed by atoms with van der Waals surface area (Å²) < 4.78 is 5.20. The molecule has 0 saturated heterocycles. The van der Waals surface area contributed by atoms with Gasteiger partial charge in [0.15, 0.2) is 0 Å². The molecule has 0 bridgehead atoms. The van der Waals surface area contributed by atoms with Crippen LogP contribution in [0.1, 0.15) is 0 Å². The van der Waals surface area contributed by atoms with Crippen LogP contribution in [0.15, 0.2) is 60.9 Å². The van der Waals surface area contributed by atoms with Crippen LogP contribution in [0.2, 0.25) is 0 Å². The fraction of sp³-hybridized carbons (Fsp3) is 0.0625. The number of benzene rings is 1. The summed E-state index contributed by atoms with van der Waals surface area (Å²) in [5.41, 5.74) is 2.42. The van der Waals surface area contributed by atoms with Gasteiger partial charge >= 0.3 is 0 Å². The van der Waals surface area contributed by atoms with E-state index < -0.39 is 0 Å². The molecule has 1 aromatic carbocycles. The van der Waals surface area contributed by atoms with Crippen molar-refractivity contribution in [1.82, 2.24) is 15.0 Å². The molecule has 1 N–H and O–H groups in total. The predicted molar refractivity (Wildman–Crippen MR) is 81.5 cm³/mol. The second-order valence-corrected chi connectivity index (χ2v) is 4.34. The molecule has 0 spiro atoms. The van der Waals surface area contributed by atoms with Gasteiger partial charge in [0.05, 0.1) is 18.5 Å². The van der Waals surface area contributed by atoms with E-state index in [0.717, 1.165) is 22.8 Å². The molecule has 0 saturated carbocycles. The maximum Gasteiger partial charge on any atom is 0.227 e. The zero-order valence-electron chi connectivity index (χ0n) is 11.5. The highest BCUT2D eigenvalue weighted by atomic mass is 16.5. The lowest BCUT2D eigenvalue weighted by atomic mass is 10.2. The topological polar surface area (TPSA) is 59.9 Å². The molecule has 3 aromatic rings. The Balaban J connectivity index is 1.89. The van der Waals surface area contributed by atoms with E-state index in [1.165, 1.54) is 0 Å². The molecule has 0 radical (unpaired) electrons. The van der Waals surface area contributed by atoms with Gasteiger partial charge in [-0.25, -0.2) is 9.97 Å². The molecule has 21 heavy (non-hydrogen) atoms. The zero-order valence-corrected chi connectivity index (χ0v) is 11.5. The summed E-state index contributed by atoms with van der Waals surface area (Å²) in [5, 5.41) is 3.16. The Bertz CT molecular complexity index is 731. The minimum Gasteiger partial charge on any atom is -0.497 e. The van der Waals surface area contributed by atoms with Crippen LogP contribution < -0.4 is 10.1 Å². The molecule has 5 heteroatoms. The van der Waals surface area contributed by atoms with Crippen LogP contribution >= 0.6 is 0 Å². The molecular formula is C16H14N4O. The van der Waals surface area contributed by atoms with Crippen molar-refractivity contribution in [2.75, 3.05) is 12.4 Å². The summed E-state index contributed by atoms with van der Waals surface area (Å²) in [4.78, 5) is 13.0. The Morgan fingerprint density at radius 3 is 2.52 bits per heavy atom. The highest BCUT2D eigenvalue weighted by Crippen LogP contribution is 2.21. The monoisotopic (exact) mass is 278 g/mol. The molecule has 2 heterocycles. The number of hydrogen-bond acceptors (Lipinski definition) is 5. The molecule has 104 valence electrons. The van der Waals surface area contributed by atoms with Crippen molar-refractivity contribution in [3.05, 3.63) is 60.9 Å². The van der Waals surface area contributed by atoms with E-state index in [4.69, 9.17) is 4.74 Å². The standard InChI is InChI=1S/C16H14N4O/c1-21-13-7-9-17-15(11-13)14-8-10-18-16(20-14)19-12-5-3-2-4-6-12/h2-11H,1H3,(H,18,19,20). The van der Waals surface area contributed by atoms with Gasteiger partial charge in [-0.15, -0.1) is 0 Å². The molecule has 3 rings (SSSR count). The Kier molecular flexibility index (Phi) is 3.73. The highest BCUT2D eigenvalue weighted by Gasteiger charge is 2.05. The molecule has 0 amide bonds. The first-order chi connectivity index (χ1) is 10.3. The number of nitrogens with zero attached hydrogens (tertiary/aromatic N) is 3. The van der Waals surface area contributed by atoms with Crippen LogP contribution in [0.4, 0.5) is 11.6 Å². The molecule has 0 aliphatic carbocycles. The lowest BCUT2D eigenvalue weighted by Gasteiger charge is -2.07. The average molecular weight is 278 g/mol. The summed E-state index contributed by atoms with van der Waals surface area (Å²) in [5.74, 6) is 1.28. The van der Waals surface area contributed by atoms with Gasteiger partial charge < -0.3 is 10.1 Å². The van der Waals surface area contributed by atoms with E-state index in [1.54, 1.807) is 25.6 Å². The van der Waals surface area contributed by atoms with Gasteiger partial charge in [-0.2, -0.15) is 0 Å². The van der Waals surface area contributed by atoms with Crippen LogP contribution in [0, 0.1) is 0 Å². The number of methoxy groups -OCH3 is 1. The summed E-state index contributed by atoms with van der Waals surface area (Å²) in [6.45, 7) is 0. The van der Waals surface area contributed by atoms with Crippen LogP contribution in [-0.4, -0.2) is 22.1 Å². The van der Waals surface area contributed by atoms with Crippen LogP contribution in [0.3, 0.4) is 0 Å². The molecule has 0 fully saturated rings. The van der Waals surface area contributed by atoms with Crippen molar-refractivity contribution >= 4 is 11.6 Å². The Morgan fingerprint density at radius 1 is 0.905 bits per heavy atom. The summed E-state index contributed by atoms with van der Waals surface area (Å²) in [6, 6.07) is 15.2. The van der Waals surface area contributed by atoms with Crippen molar-refractivity contribution in [3.8, 4) is 17.1 Å². The molecule has 0 aliphatic heterocycles. The number of pyridine rings is 1. The normalized spacial score (nSPS) is 10.1. The molecule has 2 aromatic heterocycles. The third-order valence-corrected chi connectivity index (χ3v) is 2.92. The molecule has 0 aliphatic rings. The van der Waals surface area contributed by atoms with Gasteiger partial charge in [-0.05, 0) is 24.3 Å². The van der Waals surface area contributed by atoms with Gasteiger partial charge in [0.25, 0.3) is 0 Å². The number of rotatable bonds is 4. The number of nitrogens with one attached hydrogen (secondary N) is 1. The maximum absolute atomic E-state index is 5.20. The number of hydrogen-bond donors (Lipinski definition) is 1. The smallest absolute Gasteiger partial charge is 0.227 e. The third kappa shape index (κ3) is 3.14. The number of anilines is 2. The predicted octanol–water partition coefficient (Wildman–Crippen LogP) is 3.29. The van der Waals surface area contributed by atoms with Gasteiger partial charge in [0.2, 0.25) is 5.95 Å². The van der Waals surface area contributed by atoms with Gasteiger partial charge in [-0.3, -0.25) is 4.98 Å². The second kappa shape index (κ2) is 6.00. The van der Waals surface area contributed by atoms with Crippen LogP contribution in [0.5, 0.6) is 5.75 Å². The SMILES string of the molecule is COc1ccnc(-c2ccnc(Nc3ccccc3)n2)c1. The number of aromatic nitrogens is 3. The maximum atomic E-state index is 5.20. The lowest BCUT2D eigenvalue weighted by molar-refractivity contribution is 0.414. The van der Waals surface area contributed by atoms with E-state index in [1.807, 2.05) is 42.5 Å². The third-order valence-electron chi connectivity index (χ3n) is 2.92. The fourth-order valence-corrected chi connectivity index (χ4v) is 1.89. The van der Waals surface area contributed by atoms with Crippen molar-refractivity contribution in [2.24, 2.45) is 0 Å². The number of ether oxygens (including phenoxy) is 1. The quantitative estimate of drug-likeness (QED) is 0.793. The fourth-order valence-electron chi connectivity index (χ4n) is 1.89. The molecule has 0 atom stereocenters. The summed E-state index contributed by atoms with van der Waals surface area (Å²) >= 11 is 0. The van der Waals surface area contributed by atoms with E-state index in [9.17, 15) is 0 Å². The Labute approximate surface area is 122 Å². The van der Waals surface area contributed by atoms with E-state index in [2.05, 4.69) is 20.3 Å². The minimum atomic E-state index is 0.531. The summed E-state index contributed by atoms with van der Waals surface area (Å²) in [6.07, 6.45) is 3.40. The number of para-hydroxylation sites is 1. The van der Waals surface area contributed by atoms with E-state index in [0.29, 0.717) is 5.95 Å². The summed E-state index contributed by atoms with van der Waals surface area (Å²) in [7, 11) is 1.63. The van der Waals surface area contributed by atoms with E-state index in [-0.39, 0.29) is 0 Å². The molecule has 5 nitrogen and oxygen atoms in total. The molecular weight excluding hydrogens is 264 g/mol. The average Bonchev–Trinajstić information content (AvgIpc) is 2.56. The van der Waals surface area contributed by atoms with Crippen LogP contribution in [0.25, 0.3) is 11.4 Å². The van der Waals surface area contributed by atoms with Gasteiger partial charge in [0, 0.05) is 24.1 Å². The van der Waals surface area contributed by atoms with Crippen molar-refractivity contribution in [1.29, 1.82) is 0 Å². The van der Waals surface area contributed by atoms with Gasteiger partial charge in [-0.1, -0.05) is 18.2 Å². The first-order valence-electron chi connectivity index (χ1n) is 6.51. The van der Waals surface area contributed by atoms with Gasteiger partial charge in [0.1, 0.15) is 5.75 Å². The lowest BCUT2D eigenvalue weighted by Crippen LogP contribution is -1.98. The van der Waals surface area contributed by atoms with Crippen LogP contribution in [-0.2, 0) is 0 Å². The molecule has 0 unspecified atom stereocenters. The Hall–Kier alpha value is -2.95. The first-order valence-corrected chi connectivity index (χ1v) is 6.51. The Morgan fingerprint density at radius 2 is 1.71 bits per heavy atom. The van der Waals surface area contributed by atoms with Crippen molar-refractivity contribution < 1.29 is 4.74 Å². The van der Waals surface area contributed by atoms with Crippen molar-refractivity contribution in [2.45, 2.75) is 0 Å². The highest BCUT2D eigenvalue weighted by molar-refractivity contribution is 5.59. The zero-order chi connectivity index (χ0) is 14.5. The largest absolute Gasteiger partial charge is 0.497 e. The minimum absolute atomic E-state index is 0.531. The first kappa shape index (κ1) is 13.1.